The second-order valence-corrected chi connectivity index (χ2v) is 5.71. The van der Waals surface area contributed by atoms with Crippen molar-refractivity contribution in [1.29, 1.82) is 0 Å². The lowest BCUT2D eigenvalue weighted by Crippen LogP contribution is -2.35. The average Bonchev–Trinajstić information content (AvgIpc) is 2.24. The second kappa shape index (κ2) is 6.21. The van der Waals surface area contributed by atoms with Crippen LogP contribution in [0.5, 0.6) is 5.75 Å². The van der Waals surface area contributed by atoms with Crippen molar-refractivity contribution < 1.29 is 9.13 Å². The van der Waals surface area contributed by atoms with Gasteiger partial charge in [-0.2, -0.15) is 0 Å². The van der Waals surface area contributed by atoms with Gasteiger partial charge < -0.3 is 10.1 Å². The summed E-state index contributed by atoms with van der Waals surface area (Å²) >= 11 is 5.56. The molecule has 0 bridgehead atoms. The molecule has 0 aliphatic carbocycles. The second-order valence-electron chi connectivity index (χ2n) is 5.17. The summed E-state index contributed by atoms with van der Waals surface area (Å²) in [5, 5.41) is 3.63. The van der Waals surface area contributed by atoms with Crippen LogP contribution in [0.1, 0.15) is 26.3 Å². The molecule has 0 fully saturated rings. The molecule has 0 spiro atoms. The summed E-state index contributed by atoms with van der Waals surface area (Å²) in [6.07, 6.45) is 0. The summed E-state index contributed by atoms with van der Waals surface area (Å²) in [6.45, 7) is 10.4. The highest BCUT2D eigenvalue weighted by molar-refractivity contribution is 6.29. The van der Waals surface area contributed by atoms with E-state index in [0.717, 1.165) is 5.56 Å². The zero-order valence-electron chi connectivity index (χ0n) is 11.0. The molecule has 0 amide bonds. The van der Waals surface area contributed by atoms with Crippen molar-refractivity contribution in [3.8, 4) is 5.75 Å². The Bertz CT molecular complexity index is 426. The molecule has 0 saturated carbocycles. The van der Waals surface area contributed by atoms with Crippen molar-refractivity contribution in [3.05, 3.63) is 41.2 Å². The highest BCUT2D eigenvalue weighted by Gasteiger charge is 2.10. The molecule has 0 radical (unpaired) electrons. The predicted octanol–water partition coefficient (Wildman–Crippen LogP) is 3.85. The third-order valence-electron chi connectivity index (χ3n) is 2.20. The molecule has 1 aromatic carbocycles. The topological polar surface area (TPSA) is 21.3 Å². The van der Waals surface area contributed by atoms with Gasteiger partial charge in [0.25, 0.3) is 0 Å². The van der Waals surface area contributed by atoms with Crippen molar-refractivity contribution in [2.75, 3.05) is 6.61 Å². The first-order valence-corrected chi connectivity index (χ1v) is 6.15. The summed E-state index contributed by atoms with van der Waals surface area (Å²) in [7, 11) is 0. The molecule has 0 saturated heterocycles. The summed E-state index contributed by atoms with van der Waals surface area (Å²) in [5.41, 5.74) is 0.877. The number of nitrogens with one attached hydrogen (secondary N) is 1. The van der Waals surface area contributed by atoms with Crippen LogP contribution in [0.25, 0.3) is 0 Å². The Morgan fingerprint density at radius 3 is 2.61 bits per heavy atom. The van der Waals surface area contributed by atoms with Crippen molar-refractivity contribution in [2.45, 2.75) is 32.9 Å². The summed E-state index contributed by atoms with van der Waals surface area (Å²) in [5.74, 6) is -0.197. The molecule has 1 N–H and O–H groups in total. The molecule has 0 aliphatic heterocycles. The van der Waals surface area contributed by atoms with Gasteiger partial charge in [-0.15, -0.1) is 0 Å². The molecule has 1 aromatic rings. The zero-order chi connectivity index (χ0) is 13.8. The maximum atomic E-state index is 13.7. The third-order valence-corrected chi connectivity index (χ3v) is 2.31. The fraction of sp³-hybridized carbons (Fsp3) is 0.429. The number of halogens is 2. The van der Waals surface area contributed by atoms with E-state index in [4.69, 9.17) is 16.3 Å². The van der Waals surface area contributed by atoms with Crippen molar-refractivity contribution in [1.82, 2.24) is 5.32 Å². The van der Waals surface area contributed by atoms with Gasteiger partial charge in [0.15, 0.2) is 11.6 Å². The minimum absolute atomic E-state index is 0.00200. The quantitative estimate of drug-likeness (QED) is 0.878. The summed E-state index contributed by atoms with van der Waals surface area (Å²) < 4.78 is 18.9. The van der Waals surface area contributed by atoms with Gasteiger partial charge in [0.05, 0.1) is 0 Å². The number of rotatable bonds is 5. The Hall–Kier alpha value is -1.06. The fourth-order valence-electron chi connectivity index (χ4n) is 1.29. The Morgan fingerprint density at radius 2 is 2.11 bits per heavy atom. The lowest BCUT2D eigenvalue weighted by molar-refractivity contribution is 0.338. The number of benzene rings is 1. The predicted molar refractivity (Wildman–Crippen MR) is 73.5 cm³/mol. The van der Waals surface area contributed by atoms with Crippen LogP contribution in [-0.4, -0.2) is 12.1 Å². The van der Waals surface area contributed by atoms with E-state index in [0.29, 0.717) is 11.6 Å². The first kappa shape index (κ1) is 15.0. The Balaban J connectivity index is 2.64. The first-order chi connectivity index (χ1) is 8.28. The third kappa shape index (κ3) is 5.52. The number of ether oxygens (including phenoxy) is 1. The largest absolute Gasteiger partial charge is 0.485 e. The van der Waals surface area contributed by atoms with Crippen molar-refractivity contribution in [2.24, 2.45) is 0 Å². The molecule has 0 unspecified atom stereocenters. The SMILES string of the molecule is C=C(Cl)COc1ccc(CNC(C)(C)C)cc1F. The maximum absolute atomic E-state index is 13.7. The van der Waals surface area contributed by atoms with Crippen molar-refractivity contribution in [3.63, 3.8) is 0 Å². The summed E-state index contributed by atoms with van der Waals surface area (Å²) in [6, 6.07) is 4.90. The Labute approximate surface area is 113 Å². The monoisotopic (exact) mass is 271 g/mol. The Kier molecular flexibility index (Phi) is 5.17. The van der Waals surface area contributed by atoms with E-state index >= 15 is 0 Å². The molecule has 0 atom stereocenters. The van der Waals surface area contributed by atoms with Crippen LogP contribution in [0.4, 0.5) is 4.39 Å². The van der Waals surface area contributed by atoms with Crippen LogP contribution < -0.4 is 10.1 Å². The van der Waals surface area contributed by atoms with Gasteiger partial charge in [0.2, 0.25) is 0 Å². The fourth-order valence-corrected chi connectivity index (χ4v) is 1.35. The molecule has 0 aliphatic rings. The molecule has 100 valence electrons. The van der Waals surface area contributed by atoms with Gasteiger partial charge in [0.1, 0.15) is 6.61 Å². The van der Waals surface area contributed by atoms with Gasteiger partial charge in [0, 0.05) is 17.1 Å². The Morgan fingerprint density at radius 1 is 1.44 bits per heavy atom. The van der Waals surface area contributed by atoms with Crippen LogP contribution in [-0.2, 0) is 6.54 Å². The minimum Gasteiger partial charge on any atom is -0.485 e. The molecular formula is C14H19ClFNO. The molecule has 0 aromatic heterocycles. The molecule has 18 heavy (non-hydrogen) atoms. The zero-order valence-corrected chi connectivity index (χ0v) is 11.8. The van der Waals surface area contributed by atoms with E-state index in [9.17, 15) is 4.39 Å². The summed E-state index contributed by atoms with van der Waals surface area (Å²) in [4.78, 5) is 0. The highest BCUT2D eigenvalue weighted by atomic mass is 35.5. The molecule has 0 heterocycles. The smallest absolute Gasteiger partial charge is 0.165 e. The van der Waals surface area contributed by atoms with E-state index in [1.807, 2.05) is 6.07 Å². The van der Waals surface area contributed by atoms with Crippen LogP contribution in [0, 0.1) is 5.82 Å². The minimum atomic E-state index is -0.388. The van der Waals surface area contributed by atoms with Gasteiger partial charge in [-0.25, -0.2) is 4.39 Å². The van der Waals surface area contributed by atoms with Crippen molar-refractivity contribution >= 4 is 11.6 Å². The van der Waals surface area contributed by atoms with E-state index in [1.165, 1.54) is 6.07 Å². The van der Waals surface area contributed by atoms with E-state index in [-0.39, 0.29) is 23.7 Å². The van der Waals surface area contributed by atoms with E-state index < -0.39 is 0 Å². The number of hydrogen-bond acceptors (Lipinski definition) is 2. The van der Waals surface area contributed by atoms with Gasteiger partial charge in [-0.3, -0.25) is 0 Å². The van der Waals surface area contributed by atoms with Crippen LogP contribution in [0.3, 0.4) is 0 Å². The molecular weight excluding hydrogens is 253 g/mol. The maximum Gasteiger partial charge on any atom is 0.165 e. The van der Waals surface area contributed by atoms with E-state index in [1.54, 1.807) is 6.07 Å². The lowest BCUT2D eigenvalue weighted by Gasteiger charge is -2.20. The van der Waals surface area contributed by atoms with Gasteiger partial charge >= 0.3 is 0 Å². The number of hydrogen-bond donors (Lipinski definition) is 1. The lowest BCUT2D eigenvalue weighted by atomic mass is 10.1. The molecule has 4 heteroatoms. The van der Waals surface area contributed by atoms with Gasteiger partial charge in [-0.1, -0.05) is 24.2 Å². The average molecular weight is 272 g/mol. The normalized spacial score (nSPS) is 11.4. The van der Waals surface area contributed by atoms with Crippen LogP contribution >= 0.6 is 11.6 Å². The van der Waals surface area contributed by atoms with Gasteiger partial charge in [-0.05, 0) is 38.5 Å². The van der Waals surface area contributed by atoms with Crippen LogP contribution in [0.15, 0.2) is 29.8 Å². The first-order valence-electron chi connectivity index (χ1n) is 5.77. The molecule has 1 rings (SSSR count). The van der Waals surface area contributed by atoms with E-state index in [2.05, 4.69) is 32.7 Å². The standard InChI is InChI=1S/C14H19ClFNO/c1-10(15)9-18-13-6-5-11(7-12(13)16)8-17-14(2,3)4/h5-7,17H,1,8-9H2,2-4H3. The highest BCUT2D eigenvalue weighted by Crippen LogP contribution is 2.19. The van der Waals surface area contributed by atoms with Crippen LogP contribution in [0.2, 0.25) is 0 Å². The molecule has 2 nitrogen and oxygen atoms in total.